The number of aromatic amines is 1. The summed E-state index contributed by atoms with van der Waals surface area (Å²) in [4.78, 5) is 24.6. The molecule has 140 valence electrons. The molecule has 3 aromatic rings. The molecule has 2 N–H and O–H groups in total. The van der Waals surface area contributed by atoms with E-state index in [0.717, 1.165) is 35.9 Å². The van der Waals surface area contributed by atoms with Gasteiger partial charge in [-0.15, -0.1) is 0 Å². The standard InChI is InChI=1S/C20H22FN5O/c1-2-18-22-8-10-26(18)9-7-17-24-16-11-14(12-23-20(27)19(16)25-17)13-3-5-15(21)6-4-13/h3-6,8,10,14H,2,7,9,11-12H2,1H3,(H,23,27)(H,24,25)/t14-/m0/s1. The fourth-order valence-corrected chi connectivity index (χ4v) is 3.59. The predicted molar refractivity (Wildman–Crippen MR) is 99.1 cm³/mol. The van der Waals surface area contributed by atoms with E-state index in [-0.39, 0.29) is 17.6 Å². The number of hydrogen-bond acceptors (Lipinski definition) is 3. The van der Waals surface area contributed by atoms with Crippen molar-refractivity contribution in [2.75, 3.05) is 6.54 Å². The number of hydrogen-bond donors (Lipinski definition) is 2. The van der Waals surface area contributed by atoms with Crippen LogP contribution in [0, 0.1) is 5.82 Å². The van der Waals surface area contributed by atoms with E-state index in [1.165, 1.54) is 12.1 Å². The van der Waals surface area contributed by atoms with Crippen LogP contribution < -0.4 is 5.32 Å². The summed E-state index contributed by atoms with van der Waals surface area (Å²) in [5, 5.41) is 2.93. The van der Waals surface area contributed by atoms with Gasteiger partial charge in [0, 0.05) is 49.9 Å². The van der Waals surface area contributed by atoms with Gasteiger partial charge in [0.25, 0.3) is 5.91 Å². The van der Waals surface area contributed by atoms with E-state index >= 15 is 0 Å². The van der Waals surface area contributed by atoms with Gasteiger partial charge in [-0.1, -0.05) is 19.1 Å². The first-order chi connectivity index (χ1) is 13.1. The topological polar surface area (TPSA) is 75.6 Å². The number of aromatic nitrogens is 4. The lowest BCUT2D eigenvalue weighted by Crippen LogP contribution is -2.26. The van der Waals surface area contributed by atoms with Crippen molar-refractivity contribution in [1.29, 1.82) is 0 Å². The van der Waals surface area contributed by atoms with E-state index in [1.807, 2.05) is 6.20 Å². The number of nitrogens with zero attached hydrogens (tertiary/aromatic N) is 3. The molecule has 1 aliphatic rings. The number of aryl methyl sites for hydroxylation is 3. The molecule has 0 saturated carbocycles. The van der Waals surface area contributed by atoms with Gasteiger partial charge >= 0.3 is 0 Å². The Balaban J connectivity index is 1.52. The fraction of sp³-hybridized carbons (Fsp3) is 0.350. The highest BCUT2D eigenvalue weighted by atomic mass is 19.1. The van der Waals surface area contributed by atoms with Gasteiger partial charge in [0.1, 0.15) is 23.2 Å². The summed E-state index contributed by atoms with van der Waals surface area (Å²) in [7, 11) is 0. The third-order valence-corrected chi connectivity index (χ3v) is 5.05. The molecule has 27 heavy (non-hydrogen) atoms. The second-order valence-electron chi connectivity index (χ2n) is 6.81. The molecule has 0 bridgehead atoms. The summed E-state index contributed by atoms with van der Waals surface area (Å²) < 4.78 is 15.3. The Morgan fingerprint density at radius 2 is 2.11 bits per heavy atom. The van der Waals surface area contributed by atoms with Gasteiger partial charge in [-0.3, -0.25) is 4.79 Å². The monoisotopic (exact) mass is 367 g/mol. The highest BCUT2D eigenvalue weighted by Gasteiger charge is 2.26. The Morgan fingerprint density at radius 3 is 2.89 bits per heavy atom. The highest BCUT2D eigenvalue weighted by molar-refractivity contribution is 5.94. The van der Waals surface area contributed by atoms with Gasteiger partial charge in [-0.2, -0.15) is 0 Å². The number of H-pyrrole nitrogens is 1. The van der Waals surface area contributed by atoms with Gasteiger partial charge in [0.05, 0.1) is 0 Å². The van der Waals surface area contributed by atoms with E-state index in [2.05, 4.69) is 31.8 Å². The van der Waals surface area contributed by atoms with Gasteiger partial charge in [0.15, 0.2) is 0 Å². The maximum Gasteiger partial charge on any atom is 0.271 e. The molecule has 1 atom stereocenters. The zero-order valence-corrected chi connectivity index (χ0v) is 15.2. The van der Waals surface area contributed by atoms with Gasteiger partial charge < -0.3 is 14.9 Å². The Bertz CT molecular complexity index is 944. The number of nitrogens with one attached hydrogen (secondary N) is 2. The third kappa shape index (κ3) is 3.63. The molecule has 3 heterocycles. The van der Waals surface area contributed by atoms with Crippen LogP contribution in [0.1, 0.15) is 46.2 Å². The van der Waals surface area contributed by atoms with Crippen LogP contribution in [-0.4, -0.2) is 32.0 Å². The van der Waals surface area contributed by atoms with Crippen LogP contribution in [0.15, 0.2) is 36.7 Å². The van der Waals surface area contributed by atoms with Crippen LogP contribution in [0.4, 0.5) is 4.39 Å². The number of amides is 1. The Labute approximate surface area is 156 Å². The minimum Gasteiger partial charge on any atom is -0.350 e. The number of rotatable bonds is 5. The lowest BCUT2D eigenvalue weighted by atomic mass is 9.94. The summed E-state index contributed by atoms with van der Waals surface area (Å²) in [6, 6.07) is 6.47. The van der Waals surface area contributed by atoms with Crippen molar-refractivity contribution in [2.45, 2.75) is 38.6 Å². The first kappa shape index (κ1) is 17.5. The summed E-state index contributed by atoms with van der Waals surface area (Å²) in [5.41, 5.74) is 2.32. The van der Waals surface area contributed by atoms with Crippen LogP contribution >= 0.6 is 0 Å². The number of fused-ring (bicyclic) bond motifs is 1. The van der Waals surface area contributed by atoms with Crippen LogP contribution in [0.5, 0.6) is 0 Å². The lowest BCUT2D eigenvalue weighted by molar-refractivity contribution is 0.0950. The zero-order chi connectivity index (χ0) is 18.8. The molecule has 0 saturated heterocycles. The van der Waals surface area contributed by atoms with Crippen molar-refractivity contribution in [1.82, 2.24) is 24.8 Å². The third-order valence-electron chi connectivity index (χ3n) is 5.05. The fourth-order valence-electron chi connectivity index (χ4n) is 3.59. The Hall–Kier alpha value is -2.96. The molecule has 0 spiro atoms. The SMILES string of the molecule is CCc1nccn1CCc1nc2c([nH]1)C[C@H](c1ccc(F)cc1)CNC2=O. The molecule has 0 fully saturated rings. The average molecular weight is 367 g/mol. The van der Waals surface area contributed by atoms with Gasteiger partial charge in [0.2, 0.25) is 0 Å². The maximum atomic E-state index is 13.2. The van der Waals surface area contributed by atoms with E-state index in [0.29, 0.717) is 25.1 Å². The first-order valence-corrected chi connectivity index (χ1v) is 9.25. The zero-order valence-electron chi connectivity index (χ0n) is 15.2. The number of carbonyl (C=O) groups excluding carboxylic acids is 1. The molecule has 1 aromatic carbocycles. The summed E-state index contributed by atoms with van der Waals surface area (Å²) in [6.45, 7) is 3.35. The molecule has 0 unspecified atom stereocenters. The number of carbonyl (C=O) groups is 1. The largest absolute Gasteiger partial charge is 0.350 e. The van der Waals surface area contributed by atoms with E-state index in [4.69, 9.17) is 0 Å². The molecule has 1 amide bonds. The van der Waals surface area contributed by atoms with Crippen molar-refractivity contribution in [3.8, 4) is 0 Å². The van der Waals surface area contributed by atoms with Crippen LogP contribution in [0.2, 0.25) is 0 Å². The molecule has 1 aliphatic heterocycles. The quantitative estimate of drug-likeness (QED) is 0.728. The Kier molecular flexibility index (Phi) is 4.75. The molecule has 0 aliphatic carbocycles. The molecular weight excluding hydrogens is 345 g/mol. The van der Waals surface area contributed by atoms with E-state index < -0.39 is 0 Å². The van der Waals surface area contributed by atoms with Gasteiger partial charge in [-0.05, 0) is 24.1 Å². The predicted octanol–water partition coefficient (Wildman–Crippen LogP) is 2.62. The van der Waals surface area contributed by atoms with Crippen LogP contribution in [0.3, 0.4) is 0 Å². The number of benzene rings is 1. The van der Waals surface area contributed by atoms with Crippen LogP contribution in [-0.2, 0) is 25.8 Å². The van der Waals surface area contributed by atoms with Crippen molar-refractivity contribution < 1.29 is 9.18 Å². The average Bonchev–Trinajstić information content (AvgIpc) is 3.27. The van der Waals surface area contributed by atoms with Crippen molar-refractivity contribution in [3.63, 3.8) is 0 Å². The number of halogens is 1. The summed E-state index contributed by atoms with van der Waals surface area (Å²) in [6.07, 6.45) is 6.01. The van der Waals surface area contributed by atoms with E-state index in [9.17, 15) is 9.18 Å². The maximum absolute atomic E-state index is 13.2. The smallest absolute Gasteiger partial charge is 0.271 e. The molecule has 4 rings (SSSR count). The molecular formula is C20H22FN5O. The van der Waals surface area contributed by atoms with Crippen molar-refractivity contribution >= 4 is 5.91 Å². The highest BCUT2D eigenvalue weighted by Crippen LogP contribution is 2.24. The second-order valence-corrected chi connectivity index (χ2v) is 6.81. The number of imidazole rings is 2. The molecule has 0 radical (unpaired) electrons. The molecule has 7 heteroatoms. The lowest BCUT2D eigenvalue weighted by Gasteiger charge is -2.14. The minimum absolute atomic E-state index is 0.0874. The van der Waals surface area contributed by atoms with Crippen molar-refractivity contribution in [2.24, 2.45) is 0 Å². The normalized spacial score (nSPS) is 16.7. The molecule has 6 nitrogen and oxygen atoms in total. The summed E-state index contributed by atoms with van der Waals surface area (Å²) >= 11 is 0. The second kappa shape index (κ2) is 7.34. The van der Waals surface area contributed by atoms with E-state index in [1.54, 1.807) is 18.3 Å². The van der Waals surface area contributed by atoms with Crippen LogP contribution in [0.25, 0.3) is 0 Å². The van der Waals surface area contributed by atoms with Crippen molar-refractivity contribution in [3.05, 3.63) is 71.1 Å². The van der Waals surface area contributed by atoms with Gasteiger partial charge in [-0.25, -0.2) is 14.4 Å². The summed E-state index contributed by atoms with van der Waals surface area (Å²) in [5.74, 6) is 1.51. The first-order valence-electron chi connectivity index (χ1n) is 9.25. The minimum atomic E-state index is -0.258. The Morgan fingerprint density at radius 1 is 1.30 bits per heavy atom. The molecule has 2 aromatic heterocycles.